The van der Waals surface area contributed by atoms with Gasteiger partial charge in [-0.15, -0.1) is 0 Å². The van der Waals surface area contributed by atoms with Crippen molar-refractivity contribution in [3.63, 3.8) is 0 Å². The number of nitrogens with zero attached hydrogens (tertiary/aromatic N) is 5. The highest BCUT2D eigenvalue weighted by atomic mass is 16.6. The molecule has 0 fully saturated rings. The standard InChI is InChI=1S/C11H10N6O3/c1-16-6-13-10(15-16)5-12-11-14-8-3-2-7(17(18)19)4-9(8)20-11/h2-4,6H,5H2,1H3,(H,12,14). The van der Waals surface area contributed by atoms with Gasteiger partial charge in [-0.05, 0) is 6.07 Å². The molecule has 0 aliphatic carbocycles. The van der Waals surface area contributed by atoms with Crippen molar-refractivity contribution >= 4 is 22.8 Å². The van der Waals surface area contributed by atoms with Crippen LogP contribution in [0.25, 0.3) is 11.1 Å². The van der Waals surface area contributed by atoms with E-state index in [0.29, 0.717) is 23.5 Å². The molecule has 0 atom stereocenters. The summed E-state index contributed by atoms with van der Waals surface area (Å²) >= 11 is 0. The van der Waals surface area contributed by atoms with E-state index in [9.17, 15) is 10.1 Å². The normalized spacial score (nSPS) is 10.8. The minimum Gasteiger partial charge on any atom is -0.423 e. The summed E-state index contributed by atoms with van der Waals surface area (Å²) in [5.74, 6) is 0.598. The average Bonchev–Trinajstić information content (AvgIpc) is 3.00. The van der Waals surface area contributed by atoms with Gasteiger partial charge in [0, 0.05) is 13.1 Å². The first-order valence-electron chi connectivity index (χ1n) is 5.75. The van der Waals surface area contributed by atoms with Crippen LogP contribution in [0.2, 0.25) is 0 Å². The van der Waals surface area contributed by atoms with Gasteiger partial charge in [-0.1, -0.05) is 0 Å². The van der Waals surface area contributed by atoms with E-state index in [2.05, 4.69) is 20.4 Å². The van der Waals surface area contributed by atoms with Crippen LogP contribution in [0.4, 0.5) is 11.7 Å². The van der Waals surface area contributed by atoms with Crippen LogP contribution in [0.5, 0.6) is 0 Å². The van der Waals surface area contributed by atoms with Crippen LogP contribution in [0.15, 0.2) is 28.9 Å². The highest BCUT2D eigenvalue weighted by Gasteiger charge is 2.11. The number of hydrogen-bond acceptors (Lipinski definition) is 7. The number of non-ortho nitro benzene ring substituents is 1. The Hall–Kier alpha value is -2.97. The van der Waals surface area contributed by atoms with Crippen molar-refractivity contribution in [2.75, 3.05) is 5.32 Å². The van der Waals surface area contributed by atoms with Crippen LogP contribution in [0.1, 0.15) is 5.82 Å². The van der Waals surface area contributed by atoms with E-state index in [1.807, 2.05) is 0 Å². The van der Waals surface area contributed by atoms with Crippen LogP contribution in [-0.4, -0.2) is 24.7 Å². The van der Waals surface area contributed by atoms with E-state index in [1.54, 1.807) is 24.1 Å². The maximum Gasteiger partial charge on any atom is 0.296 e. The number of nitro benzene ring substituents is 1. The summed E-state index contributed by atoms with van der Waals surface area (Å²) in [7, 11) is 1.77. The summed E-state index contributed by atoms with van der Waals surface area (Å²) in [5.41, 5.74) is 0.870. The van der Waals surface area contributed by atoms with Gasteiger partial charge in [0.15, 0.2) is 11.4 Å². The fourth-order valence-corrected chi connectivity index (χ4v) is 1.72. The molecule has 0 spiro atoms. The number of rotatable bonds is 4. The molecule has 102 valence electrons. The van der Waals surface area contributed by atoms with Crippen molar-refractivity contribution in [2.24, 2.45) is 7.05 Å². The highest BCUT2D eigenvalue weighted by Crippen LogP contribution is 2.23. The number of nitro groups is 1. The molecular weight excluding hydrogens is 264 g/mol. The smallest absolute Gasteiger partial charge is 0.296 e. The topological polar surface area (TPSA) is 112 Å². The Labute approximate surface area is 112 Å². The van der Waals surface area contributed by atoms with E-state index in [-0.39, 0.29) is 11.7 Å². The number of benzene rings is 1. The number of fused-ring (bicyclic) bond motifs is 1. The Morgan fingerprint density at radius 2 is 2.35 bits per heavy atom. The third-order valence-corrected chi connectivity index (χ3v) is 2.63. The highest BCUT2D eigenvalue weighted by molar-refractivity contribution is 5.77. The molecule has 2 heterocycles. The Balaban J connectivity index is 1.80. The molecule has 9 nitrogen and oxygen atoms in total. The van der Waals surface area contributed by atoms with E-state index >= 15 is 0 Å². The monoisotopic (exact) mass is 274 g/mol. The van der Waals surface area contributed by atoms with Gasteiger partial charge in [-0.25, -0.2) is 4.98 Å². The average molecular weight is 274 g/mol. The number of hydrogen-bond donors (Lipinski definition) is 1. The molecule has 0 unspecified atom stereocenters. The predicted molar refractivity (Wildman–Crippen MR) is 69.0 cm³/mol. The number of aromatic nitrogens is 4. The number of nitrogens with one attached hydrogen (secondary N) is 1. The number of aryl methyl sites for hydroxylation is 1. The lowest BCUT2D eigenvalue weighted by molar-refractivity contribution is -0.384. The molecule has 0 bridgehead atoms. The van der Waals surface area contributed by atoms with Gasteiger partial charge in [0.05, 0.1) is 17.5 Å². The quantitative estimate of drug-likeness (QED) is 0.566. The van der Waals surface area contributed by atoms with Gasteiger partial charge in [-0.2, -0.15) is 10.1 Å². The van der Waals surface area contributed by atoms with Gasteiger partial charge in [0.25, 0.3) is 11.7 Å². The Bertz CT molecular complexity index is 777. The predicted octanol–water partition coefficient (Wildman–Crippen LogP) is 1.48. The summed E-state index contributed by atoms with van der Waals surface area (Å²) in [6, 6.07) is 4.54. The van der Waals surface area contributed by atoms with Gasteiger partial charge in [-0.3, -0.25) is 14.8 Å². The minimum absolute atomic E-state index is 0.0356. The maximum absolute atomic E-state index is 10.7. The Kier molecular flexibility index (Phi) is 2.78. The molecule has 0 amide bonds. The molecule has 1 N–H and O–H groups in total. The van der Waals surface area contributed by atoms with Gasteiger partial charge in [0.1, 0.15) is 11.8 Å². The summed E-state index contributed by atoms with van der Waals surface area (Å²) < 4.78 is 6.99. The van der Waals surface area contributed by atoms with Gasteiger partial charge >= 0.3 is 0 Å². The molecule has 9 heteroatoms. The van der Waals surface area contributed by atoms with E-state index in [4.69, 9.17) is 4.42 Å². The zero-order chi connectivity index (χ0) is 14.1. The van der Waals surface area contributed by atoms with Crippen molar-refractivity contribution in [1.82, 2.24) is 19.7 Å². The summed E-state index contributed by atoms with van der Waals surface area (Å²) in [4.78, 5) is 18.4. The molecule has 0 aliphatic heterocycles. The SMILES string of the molecule is Cn1cnc(CNc2nc3ccc([N+](=O)[O-])cc3o2)n1. The fourth-order valence-electron chi connectivity index (χ4n) is 1.72. The van der Waals surface area contributed by atoms with Crippen molar-refractivity contribution in [3.8, 4) is 0 Å². The van der Waals surface area contributed by atoms with E-state index in [0.717, 1.165) is 0 Å². The minimum atomic E-state index is -0.479. The van der Waals surface area contributed by atoms with Crippen molar-refractivity contribution in [2.45, 2.75) is 6.54 Å². The van der Waals surface area contributed by atoms with Crippen LogP contribution in [0.3, 0.4) is 0 Å². The Morgan fingerprint density at radius 1 is 1.50 bits per heavy atom. The maximum atomic E-state index is 10.7. The lowest BCUT2D eigenvalue weighted by Gasteiger charge is -1.95. The first-order valence-corrected chi connectivity index (χ1v) is 5.75. The van der Waals surface area contributed by atoms with Crippen LogP contribution >= 0.6 is 0 Å². The molecule has 1 aromatic carbocycles. The lowest BCUT2D eigenvalue weighted by atomic mass is 10.3. The number of oxazole rings is 1. The largest absolute Gasteiger partial charge is 0.423 e. The molecule has 0 aliphatic rings. The fraction of sp³-hybridized carbons (Fsp3) is 0.182. The van der Waals surface area contributed by atoms with Crippen LogP contribution in [0, 0.1) is 10.1 Å². The third kappa shape index (κ3) is 2.28. The first kappa shape index (κ1) is 12.1. The van der Waals surface area contributed by atoms with Crippen LogP contribution in [-0.2, 0) is 13.6 Å². The molecule has 0 saturated heterocycles. The molecule has 2 aromatic heterocycles. The van der Waals surface area contributed by atoms with Gasteiger partial charge in [0.2, 0.25) is 0 Å². The zero-order valence-electron chi connectivity index (χ0n) is 10.5. The second kappa shape index (κ2) is 4.61. The van der Waals surface area contributed by atoms with Crippen LogP contribution < -0.4 is 5.32 Å². The zero-order valence-corrected chi connectivity index (χ0v) is 10.5. The van der Waals surface area contributed by atoms with Crippen molar-refractivity contribution in [1.29, 1.82) is 0 Å². The summed E-state index contributed by atoms with van der Waals surface area (Å²) in [6.45, 7) is 0.357. The molecular formula is C11H10N6O3. The van der Waals surface area contributed by atoms with E-state index < -0.39 is 4.92 Å². The summed E-state index contributed by atoms with van der Waals surface area (Å²) in [5, 5.41) is 17.7. The van der Waals surface area contributed by atoms with Gasteiger partial charge < -0.3 is 9.73 Å². The van der Waals surface area contributed by atoms with Crippen molar-refractivity contribution in [3.05, 3.63) is 40.5 Å². The molecule has 0 radical (unpaired) electrons. The third-order valence-electron chi connectivity index (χ3n) is 2.63. The van der Waals surface area contributed by atoms with Crippen molar-refractivity contribution < 1.29 is 9.34 Å². The molecule has 3 rings (SSSR count). The molecule has 3 aromatic rings. The lowest BCUT2D eigenvalue weighted by Crippen LogP contribution is -2.02. The molecule has 20 heavy (non-hydrogen) atoms. The second-order valence-corrected chi connectivity index (χ2v) is 4.12. The second-order valence-electron chi connectivity index (χ2n) is 4.12. The van der Waals surface area contributed by atoms with E-state index in [1.165, 1.54) is 12.1 Å². The molecule has 0 saturated carbocycles. The number of anilines is 1. The Morgan fingerprint density at radius 3 is 3.05 bits per heavy atom. The summed E-state index contributed by atoms with van der Waals surface area (Å²) in [6.07, 6.45) is 1.59. The first-order chi connectivity index (χ1) is 9.61.